The molecule has 1 heterocycles. The molecule has 5 nitrogen and oxygen atoms in total. The number of carbonyl (C=O) groups excluding carboxylic acids is 1. The van der Waals surface area contributed by atoms with Gasteiger partial charge in [-0.15, -0.1) is 10.2 Å². The van der Waals surface area contributed by atoms with Crippen molar-refractivity contribution in [3.05, 3.63) is 5.82 Å². The van der Waals surface area contributed by atoms with Crippen LogP contribution in [-0.4, -0.2) is 31.5 Å². The largest absolute Gasteiger partial charge is 0.351 e. The average molecular weight is 282 g/mol. The monoisotopic (exact) mass is 282 g/mol. The molecule has 0 unspecified atom stereocenters. The van der Waals surface area contributed by atoms with Crippen LogP contribution in [0.25, 0.3) is 0 Å². The first-order valence-electron chi connectivity index (χ1n) is 6.66. The number of amides is 1. The predicted molar refractivity (Wildman–Crippen MR) is 76.2 cm³/mol. The zero-order valence-electron chi connectivity index (χ0n) is 12.2. The molecule has 0 aliphatic heterocycles. The molecule has 1 saturated carbocycles. The van der Waals surface area contributed by atoms with Crippen LogP contribution in [-0.2, 0) is 11.8 Å². The van der Waals surface area contributed by atoms with Crippen molar-refractivity contribution in [2.24, 2.45) is 7.05 Å². The van der Waals surface area contributed by atoms with E-state index in [9.17, 15) is 4.79 Å². The third-order valence-electron chi connectivity index (χ3n) is 2.96. The van der Waals surface area contributed by atoms with E-state index in [-0.39, 0.29) is 16.7 Å². The molecule has 1 fully saturated rings. The summed E-state index contributed by atoms with van der Waals surface area (Å²) in [5, 5.41) is 12.0. The summed E-state index contributed by atoms with van der Waals surface area (Å²) in [5.41, 5.74) is -0.203. The van der Waals surface area contributed by atoms with Crippen molar-refractivity contribution in [2.45, 2.75) is 62.4 Å². The summed E-state index contributed by atoms with van der Waals surface area (Å²) in [6, 6.07) is 0. The van der Waals surface area contributed by atoms with Crippen molar-refractivity contribution >= 4 is 17.7 Å². The molecule has 0 radical (unpaired) electrons. The third kappa shape index (κ3) is 3.72. The fourth-order valence-electron chi connectivity index (χ4n) is 1.81. The molecule has 6 heteroatoms. The van der Waals surface area contributed by atoms with Gasteiger partial charge >= 0.3 is 0 Å². The molecule has 1 aromatic rings. The van der Waals surface area contributed by atoms with E-state index >= 15 is 0 Å². The molecule has 0 saturated heterocycles. The fourth-order valence-corrected chi connectivity index (χ4v) is 2.63. The van der Waals surface area contributed by atoms with E-state index in [2.05, 4.69) is 15.5 Å². The third-order valence-corrected chi connectivity index (χ3v) is 4.09. The maximum Gasteiger partial charge on any atom is 0.233 e. The van der Waals surface area contributed by atoms with Gasteiger partial charge in [-0.05, 0) is 40.5 Å². The lowest BCUT2D eigenvalue weighted by atomic mass is 10.1. The van der Waals surface area contributed by atoms with Crippen LogP contribution in [0.4, 0.5) is 0 Å². The predicted octanol–water partition coefficient (Wildman–Crippen LogP) is 2.09. The number of thioether (sulfide) groups is 1. The van der Waals surface area contributed by atoms with Crippen molar-refractivity contribution in [2.75, 3.05) is 0 Å². The second-order valence-corrected chi connectivity index (χ2v) is 7.48. The lowest BCUT2D eigenvalue weighted by molar-refractivity contribution is -0.121. The quantitative estimate of drug-likeness (QED) is 0.859. The second-order valence-electron chi connectivity index (χ2n) is 6.17. The van der Waals surface area contributed by atoms with Gasteiger partial charge in [0.1, 0.15) is 5.82 Å². The SMILES string of the molecule is C[C@H](Sc1nnc(C2CC2)n1C)C(=O)NC(C)(C)C. The molecule has 1 aliphatic rings. The Kier molecular flexibility index (Phi) is 3.90. The summed E-state index contributed by atoms with van der Waals surface area (Å²) in [6.45, 7) is 7.85. The zero-order chi connectivity index (χ0) is 14.2. The molecule has 2 rings (SSSR count). The van der Waals surface area contributed by atoms with Crippen LogP contribution in [0.5, 0.6) is 0 Å². The molecular weight excluding hydrogens is 260 g/mol. The van der Waals surface area contributed by atoms with E-state index in [0.717, 1.165) is 11.0 Å². The minimum absolute atomic E-state index is 0.0356. The number of aromatic nitrogens is 3. The smallest absolute Gasteiger partial charge is 0.233 e. The normalized spacial score (nSPS) is 17.3. The Morgan fingerprint density at radius 1 is 1.42 bits per heavy atom. The maximum atomic E-state index is 12.0. The zero-order valence-corrected chi connectivity index (χ0v) is 13.0. The molecule has 19 heavy (non-hydrogen) atoms. The summed E-state index contributed by atoms with van der Waals surface area (Å²) in [4.78, 5) is 12.0. The van der Waals surface area contributed by atoms with Gasteiger partial charge in [0, 0.05) is 18.5 Å². The van der Waals surface area contributed by atoms with Gasteiger partial charge in [-0.1, -0.05) is 11.8 Å². The Bertz CT molecular complexity index is 473. The minimum atomic E-state index is -0.203. The van der Waals surface area contributed by atoms with Crippen LogP contribution in [0.1, 0.15) is 52.3 Å². The van der Waals surface area contributed by atoms with E-state index in [1.165, 1.54) is 24.6 Å². The van der Waals surface area contributed by atoms with E-state index < -0.39 is 0 Å². The highest BCUT2D eigenvalue weighted by molar-refractivity contribution is 8.00. The maximum absolute atomic E-state index is 12.0. The summed E-state index contributed by atoms with van der Waals surface area (Å²) < 4.78 is 2.02. The van der Waals surface area contributed by atoms with E-state index in [1.54, 1.807) is 0 Å². The van der Waals surface area contributed by atoms with Gasteiger partial charge in [0.15, 0.2) is 5.16 Å². The van der Waals surface area contributed by atoms with Gasteiger partial charge in [0.25, 0.3) is 0 Å². The first kappa shape index (κ1) is 14.4. The summed E-state index contributed by atoms with van der Waals surface area (Å²) in [5.74, 6) is 1.66. The van der Waals surface area contributed by atoms with Crippen molar-refractivity contribution in [3.8, 4) is 0 Å². The number of carbonyl (C=O) groups is 1. The highest BCUT2D eigenvalue weighted by Gasteiger charge is 2.30. The van der Waals surface area contributed by atoms with E-state index in [4.69, 9.17) is 0 Å². The number of rotatable bonds is 4. The molecule has 1 amide bonds. The molecule has 0 bridgehead atoms. The second kappa shape index (κ2) is 5.15. The fraction of sp³-hybridized carbons (Fsp3) is 0.769. The highest BCUT2D eigenvalue weighted by atomic mass is 32.2. The van der Waals surface area contributed by atoms with Crippen LogP contribution in [0.2, 0.25) is 0 Å². The molecule has 106 valence electrons. The topological polar surface area (TPSA) is 59.8 Å². The lowest BCUT2D eigenvalue weighted by Gasteiger charge is -2.22. The van der Waals surface area contributed by atoms with Gasteiger partial charge in [-0.25, -0.2) is 0 Å². The number of hydrogen-bond donors (Lipinski definition) is 1. The van der Waals surface area contributed by atoms with Crippen molar-refractivity contribution in [3.63, 3.8) is 0 Å². The Morgan fingerprint density at radius 2 is 2.05 bits per heavy atom. The summed E-state index contributed by atoms with van der Waals surface area (Å²) >= 11 is 1.46. The Labute approximate surface area is 118 Å². The molecule has 1 aliphatic carbocycles. The molecular formula is C13H22N4OS. The molecule has 1 atom stereocenters. The average Bonchev–Trinajstić information content (AvgIpc) is 3.04. The number of nitrogens with one attached hydrogen (secondary N) is 1. The van der Waals surface area contributed by atoms with Crippen molar-refractivity contribution in [1.29, 1.82) is 0 Å². The summed E-state index contributed by atoms with van der Waals surface area (Å²) in [7, 11) is 1.98. The van der Waals surface area contributed by atoms with Crippen LogP contribution in [0, 0.1) is 0 Å². The molecule has 1 aromatic heterocycles. The highest BCUT2D eigenvalue weighted by Crippen LogP contribution is 2.39. The molecule has 0 spiro atoms. The van der Waals surface area contributed by atoms with Gasteiger partial charge in [-0.3, -0.25) is 4.79 Å². The van der Waals surface area contributed by atoms with Crippen LogP contribution < -0.4 is 5.32 Å². The standard InChI is InChI=1S/C13H22N4OS/c1-8(11(18)14-13(2,3)4)19-12-16-15-10(17(12)5)9-6-7-9/h8-9H,6-7H2,1-5H3,(H,14,18)/t8-/m0/s1. The van der Waals surface area contributed by atoms with Gasteiger partial charge in [0.05, 0.1) is 5.25 Å². The molecule has 1 N–H and O–H groups in total. The van der Waals surface area contributed by atoms with Crippen LogP contribution in [0.15, 0.2) is 5.16 Å². The first-order chi connectivity index (χ1) is 8.78. The van der Waals surface area contributed by atoms with Crippen LogP contribution in [0.3, 0.4) is 0 Å². The van der Waals surface area contributed by atoms with E-state index in [0.29, 0.717) is 5.92 Å². The lowest BCUT2D eigenvalue weighted by Crippen LogP contribution is -2.44. The van der Waals surface area contributed by atoms with Crippen LogP contribution >= 0.6 is 11.8 Å². The summed E-state index contributed by atoms with van der Waals surface area (Å²) in [6.07, 6.45) is 2.41. The van der Waals surface area contributed by atoms with Gasteiger partial charge in [0.2, 0.25) is 5.91 Å². The Hall–Kier alpha value is -1.04. The number of nitrogens with zero attached hydrogens (tertiary/aromatic N) is 3. The first-order valence-corrected chi connectivity index (χ1v) is 7.54. The Morgan fingerprint density at radius 3 is 2.58 bits per heavy atom. The molecule has 0 aromatic carbocycles. The van der Waals surface area contributed by atoms with Crippen molar-refractivity contribution in [1.82, 2.24) is 20.1 Å². The van der Waals surface area contributed by atoms with E-state index in [1.807, 2.05) is 39.3 Å². The Balaban J connectivity index is 1.98. The van der Waals surface area contributed by atoms with Crippen molar-refractivity contribution < 1.29 is 4.79 Å². The number of hydrogen-bond acceptors (Lipinski definition) is 4. The van der Waals surface area contributed by atoms with Gasteiger partial charge in [-0.2, -0.15) is 0 Å². The van der Waals surface area contributed by atoms with Gasteiger partial charge < -0.3 is 9.88 Å². The minimum Gasteiger partial charge on any atom is -0.351 e.